The Labute approximate surface area is 113 Å². The SMILES string of the molecule is CC(NC(=O)N(C)Cc1ccccc1)C(C)C(=O)O. The van der Waals surface area contributed by atoms with E-state index in [0.717, 1.165) is 5.56 Å². The highest BCUT2D eigenvalue weighted by atomic mass is 16.4. The molecule has 0 aromatic heterocycles. The third-order valence-electron chi connectivity index (χ3n) is 3.10. The predicted molar refractivity (Wildman–Crippen MR) is 72.7 cm³/mol. The van der Waals surface area contributed by atoms with Gasteiger partial charge in [-0.1, -0.05) is 30.3 Å². The fourth-order valence-corrected chi connectivity index (χ4v) is 1.57. The van der Waals surface area contributed by atoms with Gasteiger partial charge in [0, 0.05) is 19.6 Å². The molecule has 1 aromatic carbocycles. The number of nitrogens with one attached hydrogen (secondary N) is 1. The number of carbonyl (C=O) groups is 2. The van der Waals surface area contributed by atoms with Crippen LogP contribution in [0.5, 0.6) is 0 Å². The molecule has 0 radical (unpaired) electrons. The van der Waals surface area contributed by atoms with Crippen LogP contribution in [0.1, 0.15) is 19.4 Å². The number of aliphatic carboxylic acids is 1. The van der Waals surface area contributed by atoms with E-state index in [4.69, 9.17) is 5.11 Å². The van der Waals surface area contributed by atoms with Crippen molar-refractivity contribution >= 4 is 12.0 Å². The minimum Gasteiger partial charge on any atom is -0.481 e. The first-order valence-corrected chi connectivity index (χ1v) is 6.20. The summed E-state index contributed by atoms with van der Waals surface area (Å²) in [4.78, 5) is 24.3. The van der Waals surface area contributed by atoms with E-state index in [9.17, 15) is 9.59 Å². The van der Waals surface area contributed by atoms with Gasteiger partial charge in [0.1, 0.15) is 0 Å². The molecule has 19 heavy (non-hydrogen) atoms. The maximum absolute atomic E-state index is 11.9. The van der Waals surface area contributed by atoms with Crippen LogP contribution in [0.4, 0.5) is 4.79 Å². The Morgan fingerprint density at radius 3 is 2.37 bits per heavy atom. The predicted octanol–water partition coefficient (Wildman–Crippen LogP) is 1.94. The summed E-state index contributed by atoms with van der Waals surface area (Å²) in [6.45, 7) is 3.75. The van der Waals surface area contributed by atoms with Gasteiger partial charge in [-0.25, -0.2) is 4.79 Å². The molecule has 2 amide bonds. The monoisotopic (exact) mass is 264 g/mol. The van der Waals surface area contributed by atoms with Gasteiger partial charge in [-0.2, -0.15) is 0 Å². The number of urea groups is 1. The van der Waals surface area contributed by atoms with Gasteiger partial charge in [0.2, 0.25) is 0 Å². The summed E-state index contributed by atoms with van der Waals surface area (Å²) < 4.78 is 0. The van der Waals surface area contributed by atoms with Crippen molar-refractivity contribution in [1.82, 2.24) is 10.2 Å². The second-order valence-electron chi connectivity index (χ2n) is 4.71. The maximum Gasteiger partial charge on any atom is 0.317 e. The summed E-state index contributed by atoms with van der Waals surface area (Å²) in [5.74, 6) is -1.53. The quantitative estimate of drug-likeness (QED) is 0.853. The first kappa shape index (κ1) is 15.0. The van der Waals surface area contributed by atoms with Crippen molar-refractivity contribution in [3.63, 3.8) is 0 Å². The van der Waals surface area contributed by atoms with Gasteiger partial charge in [-0.15, -0.1) is 0 Å². The number of rotatable bonds is 5. The fraction of sp³-hybridized carbons (Fsp3) is 0.429. The van der Waals surface area contributed by atoms with E-state index in [1.807, 2.05) is 30.3 Å². The van der Waals surface area contributed by atoms with Crippen LogP contribution in [0.2, 0.25) is 0 Å². The van der Waals surface area contributed by atoms with Crippen molar-refractivity contribution < 1.29 is 14.7 Å². The average Bonchev–Trinajstić information content (AvgIpc) is 2.38. The van der Waals surface area contributed by atoms with Gasteiger partial charge >= 0.3 is 12.0 Å². The molecule has 104 valence electrons. The van der Waals surface area contributed by atoms with E-state index in [2.05, 4.69) is 5.32 Å². The normalized spacial score (nSPS) is 13.4. The summed E-state index contributed by atoms with van der Waals surface area (Å²) in [5.41, 5.74) is 1.03. The molecule has 1 rings (SSSR count). The molecule has 0 aliphatic heterocycles. The Hall–Kier alpha value is -2.04. The number of nitrogens with zero attached hydrogens (tertiary/aromatic N) is 1. The molecule has 2 N–H and O–H groups in total. The van der Waals surface area contributed by atoms with Gasteiger partial charge in [-0.3, -0.25) is 4.79 Å². The minimum atomic E-state index is -0.918. The van der Waals surface area contributed by atoms with Crippen molar-refractivity contribution in [2.75, 3.05) is 7.05 Å². The fourth-order valence-electron chi connectivity index (χ4n) is 1.57. The van der Waals surface area contributed by atoms with Gasteiger partial charge in [0.15, 0.2) is 0 Å². The molecule has 0 fully saturated rings. The Bertz CT molecular complexity index is 434. The van der Waals surface area contributed by atoms with Crippen LogP contribution >= 0.6 is 0 Å². The highest BCUT2D eigenvalue weighted by Crippen LogP contribution is 2.05. The molecule has 2 atom stereocenters. The summed E-state index contributed by atoms with van der Waals surface area (Å²) >= 11 is 0. The molecule has 0 aliphatic carbocycles. The Morgan fingerprint density at radius 1 is 1.26 bits per heavy atom. The lowest BCUT2D eigenvalue weighted by molar-refractivity contribution is -0.141. The van der Waals surface area contributed by atoms with Crippen molar-refractivity contribution in [3.05, 3.63) is 35.9 Å². The van der Waals surface area contributed by atoms with Crippen molar-refractivity contribution in [1.29, 1.82) is 0 Å². The van der Waals surface area contributed by atoms with Crippen LogP contribution in [0.25, 0.3) is 0 Å². The zero-order valence-corrected chi connectivity index (χ0v) is 11.5. The van der Waals surface area contributed by atoms with Crippen LogP contribution in [0.3, 0.4) is 0 Å². The molecule has 0 saturated heterocycles. The van der Waals surface area contributed by atoms with E-state index in [1.165, 1.54) is 4.90 Å². The average molecular weight is 264 g/mol. The molecule has 0 spiro atoms. The standard InChI is InChI=1S/C14H20N2O3/c1-10(13(17)18)11(2)15-14(19)16(3)9-12-7-5-4-6-8-12/h4-8,10-11H,9H2,1-3H3,(H,15,19)(H,17,18). The number of carbonyl (C=O) groups excluding carboxylic acids is 1. The number of amides is 2. The summed E-state index contributed by atoms with van der Waals surface area (Å²) in [6.07, 6.45) is 0. The van der Waals surface area contributed by atoms with Gasteiger partial charge in [-0.05, 0) is 19.4 Å². The van der Waals surface area contributed by atoms with Crippen molar-refractivity contribution in [2.24, 2.45) is 5.92 Å². The Morgan fingerprint density at radius 2 is 1.84 bits per heavy atom. The van der Waals surface area contributed by atoms with Crippen LogP contribution in [0, 0.1) is 5.92 Å². The minimum absolute atomic E-state index is 0.274. The second-order valence-corrected chi connectivity index (χ2v) is 4.71. The van der Waals surface area contributed by atoms with Crippen LogP contribution in [0.15, 0.2) is 30.3 Å². The highest BCUT2D eigenvalue weighted by molar-refractivity contribution is 5.76. The zero-order valence-electron chi connectivity index (χ0n) is 11.5. The molecule has 1 aromatic rings. The van der Waals surface area contributed by atoms with Crippen LogP contribution in [-0.2, 0) is 11.3 Å². The lowest BCUT2D eigenvalue weighted by atomic mass is 10.0. The molecule has 0 saturated carbocycles. The first-order valence-electron chi connectivity index (χ1n) is 6.20. The number of carboxylic acids is 1. The smallest absolute Gasteiger partial charge is 0.317 e. The summed E-state index contributed by atoms with van der Waals surface area (Å²) in [5, 5.41) is 11.6. The van der Waals surface area contributed by atoms with E-state index in [-0.39, 0.29) is 6.03 Å². The van der Waals surface area contributed by atoms with Crippen LogP contribution < -0.4 is 5.32 Å². The molecule has 5 heteroatoms. The second kappa shape index (κ2) is 6.78. The molecule has 2 unspecified atom stereocenters. The molecule has 0 heterocycles. The number of hydrogen-bond donors (Lipinski definition) is 2. The van der Waals surface area contributed by atoms with Gasteiger partial charge < -0.3 is 15.3 Å². The molecule has 5 nitrogen and oxygen atoms in total. The summed E-state index contributed by atoms with van der Waals surface area (Å²) in [6, 6.07) is 8.93. The van der Waals surface area contributed by atoms with Crippen LogP contribution in [-0.4, -0.2) is 35.1 Å². The van der Waals surface area contributed by atoms with Crippen molar-refractivity contribution in [2.45, 2.75) is 26.4 Å². The lowest BCUT2D eigenvalue weighted by Crippen LogP contribution is -2.45. The number of benzene rings is 1. The molecule has 0 aliphatic rings. The maximum atomic E-state index is 11.9. The van der Waals surface area contributed by atoms with Crippen molar-refractivity contribution in [3.8, 4) is 0 Å². The summed E-state index contributed by atoms with van der Waals surface area (Å²) in [7, 11) is 1.68. The first-order chi connectivity index (χ1) is 8.91. The van der Waals surface area contributed by atoms with E-state index < -0.39 is 17.9 Å². The lowest BCUT2D eigenvalue weighted by Gasteiger charge is -2.23. The van der Waals surface area contributed by atoms with E-state index >= 15 is 0 Å². The van der Waals surface area contributed by atoms with E-state index in [1.54, 1.807) is 20.9 Å². The van der Waals surface area contributed by atoms with E-state index in [0.29, 0.717) is 6.54 Å². The third kappa shape index (κ3) is 4.62. The zero-order chi connectivity index (χ0) is 14.4. The van der Waals surface area contributed by atoms with Gasteiger partial charge in [0.05, 0.1) is 5.92 Å². The molecular weight excluding hydrogens is 244 g/mol. The number of carboxylic acid groups (broad SMARTS) is 1. The molecule has 0 bridgehead atoms. The Balaban J connectivity index is 2.51. The Kier molecular flexibility index (Phi) is 5.36. The number of hydrogen-bond acceptors (Lipinski definition) is 2. The molecular formula is C14H20N2O3. The highest BCUT2D eigenvalue weighted by Gasteiger charge is 2.22. The third-order valence-corrected chi connectivity index (χ3v) is 3.10. The van der Waals surface area contributed by atoms with Gasteiger partial charge in [0.25, 0.3) is 0 Å². The topological polar surface area (TPSA) is 69.6 Å². The largest absolute Gasteiger partial charge is 0.481 e.